The van der Waals surface area contributed by atoms with Crippen molar-refractivity contribution in [3.05, 3.63) is 54.4 Å². The maximum atomic E-state index is 15.2. The first-order valence-electron chi connectivity index (χ1n) is 16.1. The summed E-state index contributed by atoms with van der Waals surface area (Å²) in [5.74, 6) is -0.134. The van der Waals surface area contributed by atoms with Crippen molar-refractivity contribution in [1.82, 2.24) is 30.1 Å². The molecule has 4 aliphatic rings. The summed E-state index contributed by atoms with van der Waals surface area (Å²) in [7, 11) is 0. The molecule has 2 aromatic carbocycles. The molecular weight excluding hydrogens is 621 g/mol. The third-order valence-corrected chi connectivity index (χ3v) is 9.32. The van der Waals surface area contributed by atoms with Crippen LogP contribution >= 0.6 is 0 Å². The first kappa shape index (κ1) is 31.7. The summed E-state index contributed by atoms with van der Waals surface area (Å²) in [5.41, 5.74) is 2.73. The topological polar surface area (TPSA) is 169 Å². The zero-order valence-electron chi connectivity index (χ0n) is 26.2. The number of amides is 2. The molecule has 4 atom stereocenters. The lowest BCUT2D eigenvalue weighted by molar-refractivity contribution is -0.138. The number of piperazine rings is 1. The summed E-state index contributed by atoms with van der Waals surface area (Å²) in [6, 6.07) is 14.8. The first-order chi connectivity index (χ1) is 23.3. The number of benzene rings is 2. The zero-order chi connectivity index (χ0) is 33.2. The average molecular weight is 658 g/mol. The van der Waals surface area contributed by atoms with Gasteiger partial charge in [-0.05, 0) is 42.5 Å². The minimum atomic E-state index is -1.51. The number of halogens is 1. The quantitative estimate of drug-likeness (QED) is 0.318. The van der Waals surface area contributed by atoms with Crippen molar-refractivity contribution >= 4 is 29.1 Å². The number of ether oxygens (including phenoxy) is 2. The summed E-state index contributed by atoms with van der Waals surface area (Å²) < 4.78 is 26.4. The highest BCUT2D eigenvalue weighted by Gasteiger charge is 2.40. The van der Waals surface area contributed by atoms with E-state index >= 15 is 4.39 Å². The van der Waals surface area contributed by atoms with E-state index in [-0.39, 0.29) is 37.2 Å². The van der Waals surface area contributed by atoms with E-state index in [9.17, 15) is 20.0 Å². The van der Waals surface area contributed by atoms with Gasteiger partial charge in [0.1, 0.15) is 36.4 Å². The van der Waals surface area contributed by atoms with Gasteiger partial charge in [0.15, 0.2) is 12.0 Å². The number of hydrogen-bond donors (Lipinski definition) is 3. The molecule has 4 saturated heterocycles. The Morgan fingerprint density at radius 2 is 1.90 bits per heavy atom. The van der Waals surface area contributed by atoms with Gasteiger partial charge in [0.25, 0.3) is 0 Å². The number of anilines is 3. The number of aromatic nitrogens is 3. The van der Waals surface area contributed by atoms with E-state index in [1.54, 1.807) is 18.2 Å². The van der Waals surface area contributed by atoms with Crippen LogP contribution in [0, 0.1) is 11.3 Å². The molecule has 2 amide bonds. The fraction of sp³-hybridized carbons (Fsp3) is 0.455. The van der Waals surface area contributed by atoms with Gasteiger partial charge in [-0.2, -0.15) is 10.2 Å². The molecule has 3 N–H and O–H groups in total. The highest BCUT2D eigenvalue weighted by molar-refractivity contribution is 5.93. The first-order valence-corrected chi connectivity index (χ1v) is 16.1. The number of aliphatic hydroxyl groups is 1. The van der Waals surface area contributed by atoms with Crippen molar-refractivity contribution in [2.45, 2.75) is 43.3 Å². The smallest absolute Gasteiger partial charge is 0.249 e. The van der Waals surface area contributed by atoms with E-state index in [1.807, 2.05) is 12.1 Å². The fourth-order valence-electron chi connectivity index (χ4n) is 6.44. The Morgan fingerprint density at radius 3 is 2.56 bits per heavy atom. The number of carbonyl (C=O) groups excluding carboxylic acids is 2. The van der Waals surface area contributed by atoms with Crippen molar-refractivity contribution in [2.75, 3.05) is 62.7 Å². The van der Waals surface area contributed by atoms with Crippen LogP contribution in [0.3, 0.4) is 0 Å². The molecule has 0 radical (unpaired) electrons. The molecule has 48 heavy (non-hydrogen) atoms. The maximum absolute atomic E-state index is 15.2. The van der Waals surface area contributed by atoms with Gasteiger partial charge in [-0.1, -0.05) is 0 Å². The van der Waals surface area contributed by atoms with Crippen LogP contribution in [0.2, 0.25) is 0 Å². The van der Waals surface area contributed by atoms with Gasteiger partial charge in [0.05, 0.1) is 31.4 Å². The highest BCUT2D eigenvalue weighted by Crippen LogP contribution is 2.29. The Morgan fingerprint density at radius 1 is 1.10 bits per heavy atom. The number of likely N-dealkylation sites (tertiary alicyclic amines) is 1. The second kappa shape index (κ2) is 13.7. The molecular formula is C33H36FN9O5. The van der Waals surface area contributed by atoms with Crippen LogP contribution in [-0.4, -0.2) is 125 Å². The van der Waals surface area contributed by atoms with Gasteiger partial charge < -0.3 is 35.0 Å². The molecule has 0 spiro atoms. The second-order valence-corrected chi connectivity index (χ2v) is 12.4. The van der Waals surface area contributed by atoms with Crippen molar-refractivity contribution in [3.8, 4) is 23.2 Å². The number of carbonyl (C=O) groups is 2. The van der Waals surface area contributed by atoms with Crippen LogP contribution in [0.15, 0.2) is 48.8 Å². The maximum Gasteiger partial charge on any atom is 0.249 e. The molecule has 0 unspecified atom stereocenters. The minimum absolute atomic E-state index is 0.0374. The molecule has 15 heteroatoms. The number of aliphatic hydroxyl groups excluding tert-OH is 1. The zero-order valence-corrected chi connectivity index (χ0v) is 26.2. The van der Waals surface area contributed by atoms with Gasteiger partial charge in [-0.25, -0.2) is 14.4 Å². The third-order valence-electron chi connectivity index (χ3n) is 9.32. The second-order valence-electron chi connectivity index (χ2n) is 12.4. The van der Waals surface area contributed by atoms with E-state index < -0.39 is 36.2 Å². The third kappa shape index (κ3) is 6.73. The number of nitrogens with one attached hydrogen (secondary N) is 2. The molecule has 3 aromatic rings. The Labute approximate surface area is 276 Å². The number of rotatable bonds is 8. The van der Waals surface area contributed by atoms with Crippen molar-refractivity contribution in [3.63, 3.8) is 0 Å². The Kier molecular flexibility index (Phi) is 9.02. The van der Waals surface area contributed by atoms with Gasteiger partial charge in [-0.15, -0.1) is 0 Å². The number of nitriles is 1. The Hall–Kier alpha value is -4.91. The van der Waals surface area contributed by atoms with Crippen molar-refractivity contribution < 1.29 is 28.6 Å². The summed E-state index contributed by atoms with van der Waals surface area (Å²) in [5, 5.41) is 25.2. The molecule has 1 aromatic heterocycles. The lowest BCUT2D eigenvalue weighted by Crippen LogP contribution is -2.56. The molecule has 0 aliphatic carbocycles. The highest BCUT2D eigenvalue weighted by atomic mass is 19.1. The number of piperidine rings is 1. The number of nitrogens with zero attached hydrogens (tertiary/aromatic N) is 7. The van der Waals surface area contributed by atoms with Crippen LogP contribution in [-0.2, 0) is 14.3 Å². The Bertz CT molecular complexity index is 1690. The largest absolute Gasteiger partial charge is 0.486 e. The summed E-state index contributed by atoms with van der Waals surface area (Å²) in [6.45, 7) is 5.65. The van der Waals surface area contributed by atoms with Crippen molar-refractivity contribution in [2.24, 2.45) is 0 Å². The van der Waals surface area contributed by atoms with Crippen LogP contribution in [0.4, 0.5) is 21.7 Å². The van der Waals surface area contributed by atoms with Gasteiger partial charge in [0.2, 0.25) is 17.8 Å². The van der Waals surface area contributed by atoms with Gasteiger partial charge in [-0.3, -0.25) is 14.5 Å². The predicted octanol–water partition coefficient (Wildman–Crippen LogP) is 1.24. The molecule has 5 heterocycles. The molecule has 4 aliphatic heterocycles. The van der Waals surface area contributed by atoms with E-state index in [4.69, 9.17) is 9.47 Å². The van der Waals surface area contributed by atoms with Crippen LogP contribution in [0.1, 0.15) is 18.4 Å². The van der Waals surface area contributed by atoms with E-state index in [2.05, 4.69) is 53.6 Å². The summed E-state index contributed by atoms with van der Waals surface area (Å²) >= 11 is 0. The lowest BCUT2D eigenvalue weighted by Gasteiger charge is -2.43. The minimum Gasteiger partial charge on any atom is -0.486 e. The number of hydrogen-bond acceptors (Lipinski definition) is 12. The normalized spacial score (nSPS) is 24.8. The van der Waals surface area contributed by atoms with E-state index in [0.29, 0.717) is 23.4 Å². The predicted molar refractivity (Wildman–Crippen MR) is 171 cm³/mol. The Balaban J connectivity index is 0.953. The summed E-state index contributed by atoms with van der Waals surface area (Å²) in [6.07, 6.45) is -2.08. The monoisotopic (exact) mass is 657 g/mol. The van der Waals surface area contributed by atoms with Gasteiger partial charge in [0, 0.05) is 62.5 Å². The summed E-state index contributed by atoms with van der Waals surface area (Å²) in [4.78, 5) is 43.6. The molecule has 7 rings (SSSR count). The van der Waals surface area contributed by atoms with Gasteiger partial charge >= 0.3 is 0 Å². The molecule has 14 nitrogen and oxygen atoms in total. The van der Waals surface area contributed by atoms with Crippen LogP contribution in [0.25, 0.3) is 11.4 Å². The molecule has 4 fully saturated rings. The number of alkyl halides is 1. The molecule has 0 saturated carbocycles. The lowest BCUT2D eigenvalue weighted by atomic mass is 10.0. The van der Waals surface area contributed by atoms with Crippen LogP contribution < -0.4 is 20.3 Å². The van der Waals surface area contributed by atoms with E-state index in [0.717, 1.165) is 50.8 Å². The fourth-order valence-corrected chi connectivity index (χ4v) is 6.44. The average Bonchev–Trinajstić information content (AvgIpc) is 3.43. The van der Waals surface area contributed by atoms with E-state index in [1.165, 1.54) is 11.2 Å². The van der Waals surface area contributed by atoms with Crippen molar-refractivity contribution in [1.29, 1.82) is 5.26 Å². The SMILES string of the molecule is N#Cc1cc(-c2ncnc(Nc3ccc(N4CCN(C5COC5)CC4)cc3)n2)ccc1O[C@H]1CCN(C(=O)[C@@H]2C[C@H](O)C(=O)N2)C[C@@H]1F. The standard InChI is InChI=1S/C33H36FN9O5/c34-25-16-43(32(46)26-14-27(44)31(45)39-26)8-7-29(25)48-28-6-1-20(13-21(28)15-35)30-36-19-37-33(40-30)38-22-2-4-23(5-3-22)41-9-11-42(12-10-41)24-17-47-18-24/h1-6,13,19,24-27,29,44H,7-12,14,16-18H2,(H,39,45)(H,36,37,38,40)/t25-,26-,27-,29-/m0/s1. The van der Waals surface area contributed by atoms with Crippen LogP contribution in [0.5, 0.6) is 5.75 Å². The molecule has 0 bridgehead atoms. The molecule has 250 valence electrons.